The molecule has 64 valence electrons. The van der Waals surface area contributed by atoms with E-state index in [1.54, 1.807) is 6.33 Å². The minimum atomic E-state index is 0.922. The molecule has 1 aromatic heterocycles. The van der Waals surface area contributed by atoms with Gasteiger partial charge in [0.2, 0.25) is 0 Å². The molecule has 2 heteroatoms. The normalized spacial score (nSPS) is 10.2. The van der Waals surface area contributed by atoms with Crippen LogP contribution in [0.1, 0.15) is 11.1 Å². The summed E-state index contributed by atoms with van der Waals surface area (Å²) in [5, 5.41) is 0. The van der Waals surface area contributed by atoms with Gasteiger partial charge in [-0.15, -0.1) is 6.42 Å². The maximum absolute atomic E-state index is 5.36. The van der Waals surface area contributed by atoms with Crippen molar-refractivity contribution in [1.29, 1.82) is 0 Å². The molecule has 0 bridgehead atoms. The van der Waals surface area contributed by atoms with Crippen LogP contribution in [0.5, 0.6) is 0 Å². The highest BCUT2D eigenvalue weighted by Crippen LogP contribution is 2.17. The third-order valence-electron chi connectivity index (χ3n) is 2.23. The summed E-state index contributed by atoms with van der Waals surface area (Å²) < 4.78 is 1.99. The predicted octanol–water partition coefficient (Wildman–Crippen LogP) is 1.86. The van der Waals surface area contributed by atoms with E-state index < -0.39 is 0 Å². The first-order valence-corrected chi connectivity index (χ1v) is 4.10. The van der Waals surface area contributed by atoms with Crippen molar-refractivity contribution >= 4 is 11.0 Å². The minimum absolute atomic E-state index is 0.922. The first-order chi connectivity index (χ1) is 6.22. The summed E-state index contributed by atoms with van der Waals surface area (Å²) in [6, 6.07) is 4.02. The number of aryl methyl sites for hydroxylation is 2. The average Bonchev–Trinajstić information content (AvgIpc) is 2.47. The molecule has 0 aliphatic rings. The maximum atomic E-state index is 5.36. The van der Waals surface area contributed by atoms with E-state index in [4.69, 9.17) is 6.42 Å². The summed E-state index contributed by atoms with van der Waals surface area (Å²) in [6.45, 7) is 2.02. The van der Waals surface area contributed by atoms with Gasteiger partial charge in [-0.2, -0.15) is 0 Å². The third kappa shape index (κ3) is 1.09. The van der Waals surface area contributed by atoms with E-state index in [0.29, 0.717) is 0 Å². The van der Waals surface area contributed by atoms with Crippen molar-refractivity contribution in [3.63, 3.8) is 0 Å². The largest absolute Gasteiger partial charge is 0.334 e. The molecule has 0 aliphatic heterocycles. The zero-order chi connectivity index (χ0) is 9.42. The molecule has 0 N–H and O–H groups in total. The van der Waals surface area contributed by atoms with Gasteiger partial charge in [-0.25, -0.2) is 4.98 Å². The Morgan fingerprint density at radius 2 is 2.23 bits per heavy atom. The predicted molar refractivity (Wildman–Crippen MR) is 53.4 cm³/mol. The van der Waals surface area contributed by atoms with Gasteiger partial charge >= 0.3 is 0 Å². The van der Waals surface area contributed by atoms with Crippen molar-refractivity contribution in [1.82, 2.24) is 9.55 Å². The summed E-state index contributed by atoms with van der Waals surface area (Å²) in [7, 11) is 1.98. The monoisotopic (exact) mass is 170 g/mol. The number of fused-ring (bicyclic) bond motifs is 1. The number of aromatic nitrogens is 2. The molecule has 2 rings (SSSR count). The van der Waals surface area contributed by atoms with E-state index in [1.807, 2.05) is 24.6 Å². The van der Waals surface area contributed by atoms with Gasteiger partial charge in [-0.1, -0.05) is 5.92 Å². The van der Waals surface area contributed by atoms with Gasteiger partial charge < -0.3 is 4.57 Å². The standard InChI is InChI=1S/C11H10N2/c1-4-9-6-10-11(5-8(9)2)13(3)7-12-10/h1,5-7H,2-3H3. The average molecular weight is 170 g/mol. The molecule has 0 aliphatic carbocycles. The van der Waals surface area contributed by atoms with Crippen molar-refractivity contribution in [3.8, 4) is 12.3 Å². The van der Waals surface area contributed by atoms with E-state index in [2.05, 4.69) is 17.0 Å². The Labute approximate surface area is 77.2 Å². The van der Waals surface area contributed by atoms with Gasteiger partial charge in [-0.05, 0) is 24.6 Å². The molecule has 0 unspecified atom stereocenters. The topological polar surface area (TPSA) is 17.8 Å². The van der Waals surface area contributed by atoms with Gasteiger partial charge in [-0.3, -0.25) is 0 Å². The number of imidazole rings is 1. The van der Waals surface area contributed by atoms with Gasteiger partial charge in [0, 0.05) is 12.6 Å². The lowest BCUT2D eigenvalue weighted by molar-refractivity contribution is 0.947. The number of benzene rings is 1. The maximum Gasteiger partial charge on any atom is 0.0955 e. The fourth-order valence-electron chi connectivity index (χ4n) is 1.43. The molecule has 13 heavy (non-hydrogen) atoms. The second-order valence-electron chi connectivity index (χ2n) is 3.16. The highest BCUT2D eigenvalue weighted by atomic mass is 15.0. The summed E-state index contributed by atoms with van der Waals surface area (Å²) >= 11 is 0. The van der Waals surface area contributed by atoms with E-state index >= 15 is 0 Å². The number of hydrogen-bond acceptors (Lipinski definition) is 1. The second-order valence-corrected chi connectivity index (χ2v) is 3.16. The Kier molecular flexibility index (Phi) is 1.60. The first-order valence-electron chi connectivity index (χ1n) is 4.10. The van der Waals surface area contributed by atoms with Crippen molar-refractivity contribution in [3.05, 3.63) is 29.6 Å². The Bertz CT molecular complexity index is 501. The Hall–Kier alpha value is -1.75. The van der Waals surface area contributed by atoms with Crippen LogP contribution in [-0.4, -0.2) is 9.55 Å². The van der Waals surface area contributed by atoms with Crippen LogP contribution in [0.4, 0.5) is 0 Å². The third-order valence-corrected chi connectivity index (χ3v) is 2.23. The van der Waals surface area contributed by atoms with Crippen molar-refractivity contribution in [2.75, 3.05) is 0 Å². The van der Waals surface area contributed by atoms with Crippen LogP contribution in [0.25, 0.3) is 11.0 Å². The Morgan fingerprint density at radius 3 is 2.92 bits per heavy atom. The van der Waals surface area contributed by atoms with Crippen LogP contribution in [0.2, 0.25) is 0 Å². The van der Waals surface area contributed by atoms with Crippen LogP contribution in [0, 0.1) is 19.3 Å². The van der Waals surface area contributed by atoms with Gasteiger partial charge in [0.05, 0.1) is 17.4 Å². The molecule has 1 heterocycles. The highest BCUT2D eigenvalue weighted by molar-refractivity contribution is 5.78. The molecule has 2 nitrogen and oxygen atoms in total. The lowest BCUT2D eigenvalue weighted by Crippen LogP contribution is -1.87. The molecule has 1 aromatic carbocycles. The summed E-state index contributed by atoms with van der Waals surface area (Å²) in [4.78, 5) is 4.24. The number of terminal acetylenes is 1. The number of rotatable bonds is 0. The fourth-order valence-corrected chi connectivity index (χ4v) is 1.43. The molecule has 0 saturated carbocycles. The Morgan fingerprint density at radius 1 is 1.46 bits per heavy atom. The van der Waals surface area contributed by atoms with Crippen molar-refractivity contribution in [2.45, 2.75) is 6.92 Å². The molecule has 2 aromatic rings. The smallest absolute Gasteiger partial charge is 0.0955 e. The van der Waals surface area contributed by atoms with Crippen LogP contribution in [-0.2, 0) is 7.05 Å². The molecule has 0 amide bonds. The van der Waals surface area contributed by atoms with E-state index in [-0.39, 0.29) is 0 Å². The van der Waals surface area contributed by atoms with Crippen LogP contribution in [0.3, 0.4) is 0 Å². The molecule has 0 radical (unpaired) electrons. The molecular weight excluding hydrogens is 160 g/mol. The highest BCUT2D eigenvalue weighted by Gasteiger charge is 2.02. The van der Waals surface area contributed by atoms with Crippen molar-refractivity contribution < 1.29 is 0 Å². The van der Waals surface area contributed by atoms with Crippen LogP contribution < -0.4 is 0 Å². The fraction of sp³-hybridized carbons (Fsp3) is 0.182. The quantitative estimate of drug-likeness (QED) is 0.552. The Balaban J connectivity index is 2.85. The van der Waals surface area contributed by atoms with E-state index in [1.165, 1.54) is 0 Å². The summed E-state index contributed by atoms with van der Waals surface area (Å²) in [5.74, 6) is 2.65. The zero-order valence-electron chi connectivity index (χ0n) is 7.70. The van der Waals surface area contributed by atoms with Crippen molar-refractivity contribution in [2.24, 2.45) is 7.05 Å². The lowest BCUT2D eigenvalue weighted by Gasteiger charge is -1.99. The number of nitrogens with zero attached hydrogens (tertiary/aromatic N) is 2. The first kappa shape index (κ1) is 7.88. The molecule has 0 saturated heterocycles. The van der Waals surface area contributed by atoms with Gasteiger partial charge in [0.1, 0.15) is 0 Å². The van der Waals surface area contributed by atoms with E-state index in [0.717, 1.165) is 22.2 Å². The zero-order valence-corrected chi connectivity index (χ0v) is 7.70. The molecule has 0 atom stereocenters. The summed E-state index contributed by atoms with van der Waals surface area (Å²) in [6.07, 6.45) is 7.16. The molecular formula is C11H10N2. The van der Waals surface area contributed by atoms with Crippen LogP contribution >= 0.6 is 0 Å². The number of hydrogen-bond donors (Lipinski definition) is 0. The lowest BCUT2D eigenvalue weighted by atomic mass is 10.1. The van der Waals surface area contributed by atoms with Crippen LogP contribution in [0.15, 0.2) is 18.5 Å². The minimum Gasteiger partial charge on any atom is -0.334 e. The van der Waals surface area contributed by atoms with Gasteiger partial charge in [0.15, 0.2) is 0 Å². The molecule has 0 fully saturated rings. The van der Waals surface area contributed by atoms with Gasteiger partial charge in [0.25, 0.3) is 0 Å². The molecule has 0 spiro atoms. The SMILES string of the molecule is C#Cc1cc2ncn(C)c2cc1C. The van der Waals surface area contributed by atoms with E-state index in [9.17, 15) is 0 Å². The summed E-state index contributed by atoms with van der Waals surface area (Å²) in [5.41, 5.74) is 4.13. The second kappa shape index (κ2) is 2.63.